The molecule has 0 aromatic rings. The molecule has 0 aromatic carbocycles. The molecule has 25 heavy (non-hydrogen) atoms. The van der Waals surface area contributed by atoms with E-state index in [9.17, 15) is 15.0 Å². The molecule has 4 rings (SSSR count). The average Bonchev–Trinajstić information content (AvgIpc) is 2.84. The van der Waals surface area contributed by atoms with Gasteiger partial charge in [0.1, 0.15) is 0 Å². The fourth-order valence-electron chi connectivity index (χ4n) is 8.26. The maximum Gasteiger partial charge on any atom is 0.309 e. The van der Waals surface area contributed by atoms with Crippen LogP contribution >= 0.6 is 0 Å². The van der Waals surface area contributed by atoms with Crippen molar-refractivity contribution in [2.45, 2.75) is 77.9 Å². The SMILES string of the molecule is COC(O)C1CC23CCC4C(C)(C(=O)O)CCCC4(C)C2CCC1C3. The Morgan fingerprint density at radius 2 is 1.84 bits per heavy atom. The second-order valence-electron chi connectivity index (χ2n) is 10.1. The Bertz CT molecular complexity index is 562. The molecule has 0 aliphatic heterocycles. The minimum absolute atomic E-state index is 0.140. The first kappa shape index (κ1) is 17.8. The first-order chi connectivity index (χ1) is 11.8. The summed E-state index contributed by atoms with van der Waals surface area (Å²) in [5.74, 6) is 1.17. The summed E-state index contributed by atoms with van der Waals surface area (Å²) < 4.78 is 5.29. The molecule has 4 aliphatic rings. The van der Waals surface area contributed by atoms with Crippen molar-refractivity contribution in [1.82, 2.24) is 0 Å². The van der Waals surface area contributed by atoms with Crippen LogP contribution in [0.3, 0.4) is 0 Å². The highest BCUT2D eigenvalue weighted by molar-refractivity contribution is 5.75. The van der Waals surface area contributed by atoms with Crippen LogP contribution in [0.15, 0.2) is 0 Å². The summed E-state index contributed by atoms with van der Waals surface area (Å²) in [4.78, 5) is 12.1. The molecule has 0 heterocycles. The van der Waals surface area contributed by atoms with Crippen LogP contribution in [-0.2, 0) is 9.53 Å². The Morgan fingerprint density at radius 1 is 1.08 bits per heavy atom. The summed E-state index contributed by atoms with van der Waals surface area (Å²) in [5, 5.41) is 20.3. The van der Waals surface area contributed by atoms with E-state index in [-0.39, 0.29) is 11.3 Å². The van der Waals surface area contributed by atoms with Crippen molar-refractivity contribution in [3.05, 3.63) is 0 Å². The predicted octanol–water partition coefficient (Wildman–Crippen LogP) is 4.06. The molecule has 1 spiro atoms. The fraction of sp³-hybridized carbons (Fsp3) is 0.952. The number of carbonyl (C=O) groups is 1. The number of methoxy groups -OCH3 is 1. The van der Waals surface area contributed by atoms with E-state index in [1.54, 1.807) is 7.11 Å². The molecule has 4 heteroatoms. The van der Waals surface area contributed by atoms with E-state index in [0.717, 1.165) is 32.1 Å². The third kappa shape index (κ3) is 2.29. The summed E-state index contributed by atoms with van der Waals surface area (Å²) >= 11 is 0. The van der Waals surface area contributed by atoms with Crippen LogP contribution in [0.4, 0.5) is 0 Å². The summed E-state index contributed by atoms with van der Waals surface area (Å²) in [6.07, 6.45) is 9.26. The molecular weight excluding hydrogens is 316 g/mol. The molecule has 0 aromatic heterocycles. The zero-order valence-corrected chi connectivity index (χ0v) is 16.0. The van der Waals surface area contributed by atoms with Crippen molar-refractivity contribution < 1.29 is 19.7 Å². The van der Waals surface area contributed by atoms with Crippen molar-refractivity contribution in [2.75, 3.05) is 7.11 Å². The molecule has 8 atom stereocenters. The number of rotatable bonds is 3. The van der Waals surface area contributed by atoms with Crippen LogP contribution in [0, 0.1) is 39.9 Å². The number of fused-ring (bicyclic) bond motifs is 3. The highest BCUT2D eigenvalue weighted by atomic mass is 16.6. The Labute approximate surface area is 151 Å². The minimum Gasteiger partial charge on any atom is -0.481 e. The maximum absolute atomic E-state index is 12.1. The molecule has 8 unspecified atom stereocenters. The van der Waals surface area contributed by atoms with Gasteiger partial charge in [-0.3, -0.25) is 4.79 Å². The molecule has 2 N–H and O–H groups in total. The van der Waals surface area contributed by atoms with Gasteiger partial charge in [-0.25, -0.2) is 0 Å². The van der Waals surface area contributed by atoms with Gasteiger partial charge in [0.25, 0.3) is 0 Å². The van der Waals surface area contributed by atoms with E-state index >= 15 is 0 Å². The van der Waals surface area contributed by atoms with Crippen molar-refractivity contribution >= 4 is 5.97 Å². The van der Waals surface area contributed by atoms with E-state index < -0.39 is 17.7 Å². The van der Waals surface area contributed by atoms with Crippen LogP contribution in [-0.4, -0.2) is 29.6 Å². The molecule has 4 saturated carbocycles. The van der Waals surface area contributed by atoms with Gasteiger partial charge in [0.15, 0.2) is 6.29 Å². The summed E-state index contributed by atoms with van der Waals surface area (Å²) in [6.45, 7) is 4.41. The van der Waals surface area contributed by atoms with Crippen LogP contribution in [0.25, 0.3) is 0 Å². The molecule has 0 radical (unpaired) electrons. The molecular formula is C21H34O4. The van der Waals surface area contributed by atoms with Gasteiger partial charge in [0.2, 0.25) is 0 Å². The average molecular weight is 350 g/mol. The normalized spacial score (nSPS) is 53.0. The van der Waals surface area contributed by atoms with E-state index in [0.29, 0.717) is 23.2 Å². The highest BCUT2D eigenvalue weighted by Gasteiger charge is 2.66. The van der Waals surface area contributed by atoms with E-state index in [2.05, 4.69) is 6.92 Å². The summed E-state index contributed by atoms with van der Waals surface area (Å²) in [6, 6.07) is 0. The molecule has 4 aliphatic carbocycles. The molecule has 4 fully saturated rings. The van der Waals surface area contributed by atoms with Crippen molar-refractivity contribution in [1.29, 1.82) is 0 Å². The lowest BCUT2D eigenvalue weighted by molar-refractivity contribution is -0.181. The van der Waals surface area contributed by atoms with Crippen molar-refractivity contribution in [3.8, 4) is 0 Å². The first-order valence-electron chi connectivity index (χ1n) is 10.2. The Hall–Kier alpha value is -0.610. The van der Waals surface area contributed by atoms with Gasteiger partial charge in [-0.15, -0.1) is 0 Å². The third-order valence-electron chi connectivity index (χ3n) is 9.28. The molecule has 142 valence electrons. The Kier molecular flexibility index (Phi) is 4.05. The fourth-order valence-corrected chi connectivity index (χ4v) is 8.26. The Morgan fingerprint density at radius 3 is 2.52 bits per heavy atom. The van der Waals surface area contributed by atoms with Gasteiger partial charge in [-0.05, 0) is 86.9 Å². The highest BCUT2D eigenvalue weighted by Crippen LogP contribution is 2.72. The Balaban J connectivity index is 1.67. The van der Waals surface area contributed by atoms with Gasteiger partial charge in [0, 0.05) is 13.0 Å². The zero-order chi connectivity index (χ0) is 18.0. The molecule has 4 nitrogen and oxygen atoms in total. The predicted molar refractivity (Wildman–Crippen MR) is 94.8 cm³/mol. The van der Waals surface area contributed by atoms with Crippen LogP contribution < -0.4 is 0 Å². The van der Waals surface area contributed by atoms with Gasteiger partial charge >= 0.3 is 5.97 Å². The summed E-state index contributed by atoms with van der Waals surface area (Å²) in [7, 11) is 1.61. The van der Waals surface area contributed by atoms with Crippen LogP contribution in [0.5, 0.6) is 0 Å². The number of aliphatic hydroxyl groups excluding tert-OH is 1. The monoisotopic (exact) mass is 350 g/mol. The van der Waals surface area contributed by atoms with Gasteiger partial charge in [-0.2, -0.15) is 0 Å². The topological polar surface area (TPSA) is 66.8 Å². The van der Waals surface area contributed by atoms with E-state index in [4.69, 9.17) is 4.74 Å². The lowest BCUT2D eigenvalue weighted by Crippen LogP contribution is -2.58. The number of hydrogen-bond donors (Lipinski definition) is 2. The minimum atomic E-state index is -0.635. The smallest absolute Gasteiger partial charge is 0.309 e. The second kappa shape index (κ2) is 5.69. The van der Waals surface area contributed by atoms with Crippen molar-refractivity contribution in [2.24, 2.45) is 39.9 Å². The third-order valence-corrected chi connectivity index (χ3v) is 9.28. The number of carboxylic acid groups (broad SMARTS) is 1. The van der Waals surface area contributed by atoms with Gasteiger partial charge < -0.3 is 14.9 Å². The number of ether oxygens (including phenoxy) is 1. The van der Waals surface area contributed by atoms with E-state index in [1.165, 1.54) is 25.7 Å². The molecule has 0 amide bonds. The van der Waals surface area contributed by atoms with Crippen LogP contribution in [0.1, 0.15) is 71.6 Å². The van der Waals surface area contributed by atoms with Crippen LogP contribution in [0.2, 0.25) is 0 Å². The number of aliphatic carboxylic acids is 1. The van der Waals surface area contributed by atoms with Crippen molar-refractivity contribution in [3.63, 3.8) is 0 Å². The second-order valence-corrected chi connectivity index (χ2v) is 10.1. The van der Waals surface area contributed by atoms with Gasteiger partial charge in [-0.1, -0.05) is 13.3 Å². The lowest BCUT2D eigenvalue weighted by atomic mass is 9.41. The van der Waals surface area contributed by atoms with Gasteiger partial charge in [0.05, 0.1) is 5.41 Å². The summed E-state index contributed by atoms with van der Waals surface area (Å²) in [5.41, 5.74) is -0.105. The largest absolute Gasteiger partial charge is 0.481 e. The standard InChI is InChI=1S/C21H34O4/c1-19-8-4-9-20(2,18(23)24)15(19)7-10-21-11-13(5-6-16(19)21)14(12-21)17(22)25-3/h13-17,22H,4-12H2,1-3H3,(H,23,24). The zero-order valence-electron chi connectivity index (χ0n) is 16.0. The molecule has 2 bridgehead atoms. The lowest BCUT2D eigenvalue weighted by Gasteiger charge is -2.63. The number of carboxylic acids is 1. The molecule has 0 saturated heterocycles. The van der Waals surface area contributed by atoms with E-state index in [1.807, 2.05) is 6.92 Å². The maximum atomic E-state index is 12.1. The number of aliphatic hydroxyl groups is 1. The first-order valence-corrected chi connectivity index (χ1v) is 10.2. The quantitative estimate of drug-likeness (QED) is 0.753. The number of hydrogen-bond acceptors (Lipinski definition) is 3.